The van der Waals surface area contributed by atoms with Crippen LogP contribution in [0, 0.1) is 5.92 Å². The lowest BCUT2D eigenvalue weighted by molar-refractivity contribution is -0.118. The molecule has 0 saturated heterocycles. The highest BCUT2D eigenvalue weighted by atomic mass is 35.5. The maximum Gasteiger partial charge on any atom is 0.230 e. The molecule has 0 spiro atoms. The molecular weight excluding hydrogens is 448 g/mol. The van der Waals surface area contributed by atoms with Crippen LogP contribution in [0.3, 0.4) is 0 Å². The van der Waals surface area contributed by atoms with E-state index in [1.165, 1.54) is 11.8 Å². The smallest absolute Gasteiger partial charge is 0.230 e. The number of rotatable bonds is 9. The predicted molar refractivity (Wildman–Crippen MR) is 124 cm³/mol. The number of amides is 1. The minimum absolute atomic E-state index is 0.113. The number of hydrogen-bond acceptors (Lipinski definition) is 6. The molecule has 0 bridgehead atoms. The first-order chi connectivity index (χ1) is 15.5. The molecule has 0 saturated carbocycles. The third-order valence-electron chi connectivity index (χ3n) is 4.59. The van der Waals surface area contributed by atoms with E-state index in [0.29, 0.717) is 40.0 Å². The Bertz CT molecular complexity index is 1170. The topological polar surface area (TPSA) is 86.1 Å². The summed E-state index contributed by atoms with van der Waals surface area (Å²) in [6.07, 6.45) is 1.61. The normalized spacial score (nSPS) is 11.2. The lowest BCUT2D eigenvalue weighted by Gasteiger charge is -2.11. The second-order valence-electron chi connectivity index (χ2n) is 7.63. The Labute approximate surface area is 195 Å². The van der Waals surface area contributed by atoms with Crippen molar-refractivity contribution in [3.8, 4) is 22.9 Å². The van der Waals surface area contributed by atoms with Crippen LogP contribution in [0.2, 0.25) is 5.02 Å². The van der Waals surface area contributed by atoms with Crippen molar-refractivity contribution >= 4 is 29.3 Å². The lowest BCUT2D eigenvalue weighted by Crippen LogP contribution is -2.24. The first-order valence-electron chi connectivity index (χ1n) is 10.2. The third-order valence-corrected chi connectivity index (χ3v) is 5.81. The number of nitrogens with one attached hydrogen (secondary N) is 1. The number of nitrogens with zero attached hydrogens (tertiary/aromatic N) is 3. The second-order valence-corrected chi connectivity index (χ2v) is 9.01. The van der Waals surface area contributed by atoms with Gasteiger partial charge in [-0.2, -0.15) is 0 Å². The van der Waals surface area contributed by atoms with E-state index < -0.39 is 0 Å². The first kappa shape index (κ1) is 22.2. The van der Waals surface area contributed by atoms with E-state index in [1.54, 1.807) is 6.26 Å². The molecular formula is C23H23ClN4O3S. The highest BCUT2D eigenvalue weighted by molar-refractivity contribution is 7.99. The summed E-state index contributed by atoms with van der Waals surface area (Å²) in [4.78, 5) is 12.4. The summed E-state index contributed by atoms with van der Waals surface area (Å²) < 4.78 is 13.3. The largest absolute Gasteiger partial charge is 0.461 e. The van der Waals surface area contributed by atoms with E-state index in [4.69, 9.17) is 20.4 Å². The predicted octanol–water partition coefficient (Wildman–Crippen LogP) is 5.52. The summed E-state index contributed by atoms with van der Waals surface area (Å²) in [7, 11) is 0. The van der Waals surface area contributed by atoms with Gasteiger partial charge in [0, 0.05) is 17.1 Å². The van der Waals surface area contributed by atoms with Crippen molar-refractivity contribution < 1.29 is 13.6 Å². The van der Waals surface area contributed by atoms with Gasteiger partial charge >= 0.3 is 0 Å². The van der Waals surface area contributed by atoms with Crippen molar-refractivity contribution in [3.05, 3.63) is 65.6 Å². The van der Waals surface area contributed by atoms with E-state index in [9.17, 15) is 4.79 Å². The molecule has 0 atom stereocenters. The zero-order chi connectivity index (χ0) is 22.5. The number of thioether (sulfide) groups is 1. The SMILES string of the molecule is CC(C)Cn1c(SCC(=O)NCc2ccc(-c3ccc(Cl)cc3)o2)nnc1-c1ccco1. The second kappa shape index (κ2) is 10.1. The maximum absolute atomic E-state index is 12.4. The first-order valence-corrected chi connectivity index (χ1v) is 11.6. The van der Waals surface area contributed by atoms with Crippen molar-refractivity contribution in [1.29, 1.82) is 0 Å². The summed E-state index contributed by atoms with van der Waals surface area (Å²) in [5.74, 6) is 3.23. The van der Waals surface area contributed by atoms with Crippen molar-refractivity contribution in [2.45, 2.75) is 32.1 Å². The molecule has 1 amide bonds. The molecule has 0 aliphatic heterocycles. The number of hydrogen-bond donors (Lipinski definition) is 1. The molecule has 0 fully saturated rings. The van der Waals surface area contributed by atoms with Crippen LogP contribution in [0.25, 0.3) is 22.9 Å². The molecule has 0 radical (unpaired) electrons. The van der Waals surface area contributed by atoms with E-state index in [-0.39, 0.29) is 11.7 Å². The van der Waals surface area contributed by atoms with E-state index in [2.05, 4.69) is 29.4 Å². The van der Waals surface area contributed by atoms with Gasteiger partial charge in [0.25, 0.3) is 0 Å². The van der Waals surface area contributed by atoms with Gasteiger partial charge in [0.2, 0.25) is 5.91 Å². The number of benzene rings is 1. The van der Waals surface area contributed by atoms with E-state index in [0.717, 1.165) is 17.9 Å². The quantitative estimate of drug-likeness (QED) is 0.324. The Hall–Kier alpha value is -2.97. The lowest BCUT2D eigenvalue weighted by atomic mass is 10.2. The summed E-state index contributed by atoms with van der Waals surface area (Å²) in [6.45, 7) is 5.28. The minimum Gasteiger partial charge on any atom is -0.461 e. The van der Waals surface area contributed by atoms with Crippen LogP contribution in [-0.4, -0.2) is 26.4 Å². The van der Waals surface area contributed by atoms with Crippen molar-refractivity contribution in [2.75, 3.05) is 5.75 Å². The molecule has 7 nitrogen and oxygen atoms in total. The third kappa shape index (κ3) is 5.44. The molecule has 0 unspecified atom stereocenters. The summed E-state index contributed by atoms with van der Waals surface area (Å²) in [5.41, 5.74) is 0.930. The van der Waals surface area contributed by atoms with Crippen LogP contribution < -0.4 is 5.32 Å². The molecule has 166 valence electrons. The van der Waals surface area contributed by atoms with Crippen molar-refractivity contribution in [2.24, 2.45) is 5.92 Å². The fourth-order valence-electron chi connectivity index (χ4n) is 3.12. The highest BCUT2D eigenvalue weighted by Crippen LogP contribution is 2.26. The Morgan fingerprint density at radius 2 is 1.94 bits per heavy atom. The molecule has 9 heteroatoms. The monoisotopic (exact) mass is 470 g/mol. The van der Waals surface area contributed by atoms with Gasteiger partial charge in [-0.05, 0) is 54.4 Å². The molecule has 0 aliphatic carbocycles. The summed E-state index contributed by atoms with van der Waals surface area (Å²) in [6, 6.07) is 14.8. The van der Waals surface area contributed by atoms with Crippen molar-refractivity contribution in [1.82, 2.24) is 20.1 Å². The van der Waals surface area contributed by atoms with Crippen LogP contribution >= 0.6 is 23.4 Å². The number of carbonyl (C=O) groups excluding carboxylic acids is 1. The Balaban J connectivity index is 1.34. The summed E-state index contributed by atoms with van der Waals surface area (Å²) in [5, 5.41) is 12.8. The molecule has 1 N–H and O–H groups in total. The van der Waals surface area contributed by atoms with Gasteiger partial charge in [-0.25, -0.2) is 0 Å². The Morgan fingerprint density at radius 1 is 1.12 bits per heavy atom. The molecule has 4 aromatic rings. The molecule has 4 rings (SSSR count). The van der Waals surface area contributed by atoms with Gasteiger partial charge in [0.05, 0.1) is 18.6 Å². The van der Waals surface area contributed by atoms with E-state index in [1.807, 2.05) is 53.1 Å². The number of halogens is 1. The van der Waals surface area contributed by atoms with Crippen molar-refractivity contribution in [3.63, 3.8) is 0 Å². The Kier molecular flexibility index (Phi) is 7.02. The number of furan rings is 2. The van der Waals surface area contributed by atoms with Gasteiger partial charge in [-0.3, -0.25) is 9.36 Å². The molecule has 32 heavy (non-hydrogen) atoms. The molecule has 3 aromatic heterocycles. The average Bonchev–Trinajstić information content (AvgIpc) is 3.52. The zero-order valence-electron chi connectivity index (χ0n) is 17.7. The van der Waals surface area contributed by atoms with Crippen LogP contribution in [0.1, 0.15) is 19.6 Å². The fraction of sp³-hybridized carbons (Fsp3) is 0.261. The van der Waals surface area contributed by atoms with Crippen LogP contribution in [0.4, 0.5) is 0 Å². The van der Waals surface area contributed by atoms with E-state index >= 15 is 0 Å². The van der Waals surface area contributed by atoms with Crippen LogP contribution in [-0.2, 0) is 17.9 Å². The van der Waals surface area contributed by atoms with Gasteiger partial charge in [0.1, 0.15) is 11.5 Å². The fourth-order valence-corrected chi connectivity index (χ4v) is 4.03. The number of aromatic nitrogens is 3. The highest BCUT2D eigenvalue weighted by Gasteiger charge is 2.18. The zero-order valence-corrected chi connectivity index (χ0v) is 19.3. The molecule has 0 aliphatic rings. The molecule has 3 heterocycles. The minimum atomic E-state index is -0.113. The standard InChI is InChI=1S/C23H23ClN4O3S/c1-15(2)13-28-22(20-4-3-11-30-20)26-27-23(28)32-14-21(29)25-12-18-9-10-19(31-18)16-5-7-17(24)8-6-16/h3-11,15H,12-14H2,1-2H3,(H,25,29). The summed E-state index contributed by atoms with van der Waals surface area (Å²) >= 11 is 7.28. The Morgan fingerprint density at radius 3 is 2.66 bits per heavy atom. The van der Waals surface area contributed by atoms with Gasteiger partial charge < -0.3 is 14.2 Å². The number of carbonyl (C=O) groups is 1. The molecule has 1 aromatic carbocycles. The maximum atomic E-state index is 12.4. The van der Waals surface area contributed by atoms with Gasteiger partial charge in [-0.15, -0.1) is 10.2 Å². The van der Waals surface area contributed by atoms with Gasteiger partial charge in [-0.1, -0.05) is 37.2 Å². The van der Waals surface area contributed by atoms with Crippen LogP contribution in [0.15, 0.2) is 68.8 Å². The average molecular weight is 471 g/mol. The van der Waals surface area contributed by atoms with Crippen LogP contribution in [0.5, 0.6) is 0 Å². The van der Waals surface area contributed by atoms with Gasteiger partial charge in [0.15, 0.2) is 16.7 Å².